The Kier molecular flexibility index (Phi) is 5.39. The molecule has 1 aromatic carbocycles. The normalized spacial score (nSPS) is 13.2. The average molecular weight is 236 g/mol. The van der Waals surface area contributed by atoms with E-state index in [1.165, 1.54) is 0 Å². The van der Waals surface area contributed by atoms with E-state index in [1.807, 2.05) is 30.3 Å². The molecular formula is C13H16O4. The summed E-state index contributed by atoms with van der Waals surface area (Å²) in [5, 5.41) is 17.6. The molecule has 17 heavy (non-hydrogen) atoms. The maximum absolute atomic E-state index is 11.5. The first-order valence-corrected chi connectivity index (χ1v) is 5.33. The van der Waals surface area contributed by atoms with Crippen LogP contribution >= 0.6 is 0 Å². The summed E-state index contributed by atoms with van der Waals surface area (Å²) in [5.41, 5.74) is 1.35. The molecular weight excluding hydrogens is 220 g/mol. The second-order valence-electron chi connectivity index (χ2n) is 3.67. The van der Waals surface area contributed by atoms with Gasteiger partial charge in [0.05, 0.1) is 6.61 Å². The molecule has 0 amide bonds. The van der Waals surface area contributed by atoms with E-state index >= 15 is 0 Å². The van der Waals surface area contributed by atoms with Gasteiger partial charge in [-0.1, -0.05) is 30.3 Å². The van der Waals surface area contributed by atoms with Crippen molar-refractivity contribution in [3.05, 3.63) is 41.5 Å². The number of benzene rings is 1. The first-order valence-electron chi connectivity index (χ1n) is 5.33. The van der Waals surface area contributed by atoms with Gasteiger partial charge in [0.25, 0.3) is 0 Å². The summed E-state index contributed by atoms with van der Waals surface area (Å²) in [6.45, 7) is 1.02. The molecule has 0 aliphatic rings. The fourth-order valence-electron chi connectivity index (χ4n) is 1.20. The molecule has 1 aromatic rings. The van der Waals surface area contributed by atoms with Crippen molar-refractivity contribution in [2.75, 3.05) is 13.2 Å². The molecule has 2 N–H and O–H groups in total. The van der Waals surface area contributed by atoms with E-state index in [0.717, 1.165) is 5.56 Å². The molecule has 0 saturated carbocycles. The van der Waals surface area contributed by atoms with E-state index in [1.54, 1.807) is 13.0 Å². The van der Waals surface area contributed by atoms with Gasteiger partial charge in [-0.15, -0.1) is 0 Å². The van der Waals surface area contributed by atoms with Crippen molar-refractivity contribution in [1.29, 1.82) is 0 Å². The largest absolute Gasteiger partial charge is 0.459 e. The van der Waals surface area contributed by atoms with Gasteiger partial charge in [-0.3, -0.25) is 0 Å². The monoisotopic (exact) mass is 236 g/mol. The number of carbonyl (C=O) groups excluding carboxylic acids is 1. The van der Waals surface area contributed by atoms with Gasteiger partial charge in [0.15, 0.2) is 0 Å². The zero-order valence-corrected chi connectivity index (χ0v) is 9.67. The first-order chi connectivity index (χ1) is 8.13. The highest BCUT2D eigenvalue weighted by molar-refractivity contribution is 5.92. The Balaban J connectivity index is 2.55. The lowest BCUT2D eigenvalue weighted by Crippen LogP contribution is -2.22. The van der Waals surface area contributed by atoms with Crippen LogP contribution in [0.25, 0.3) is 6.08 Å². The van der Waals surface area contributed by atoms with Crippen molar-refractivity contribution in [3.8, 4) is 0 Å². The molecule has 0 heterocycles. The Bertz CT molecular complexity index is 384. The van der Waals surface area contributed by atoms with Crippen LogP contribution in [0.4, 0.5) is 0 Å². The first kappa shape index (κ1) is 13.4. The number of hydrogen-bond donors (Lipinski definition) is 2. The van der Waals surface area contributed by atoms with Gasteiger partial charge < -0.3 is 14.9 Å². The van der Waals surface area contributed by atoms with Crippen LogP contribution < -0.4 is 0 Å². The summed E-state index contributed by atoms with van der Waals surface area (Å²) in [4.78, 5) is 11.5. The predicted octanol–water partition coefficient (Wildman–Crippen LogP) is 0.986. The Morgan fingerprint density at radius 3 is 2.65 bits per heavy atom. The molecule has 1 atom stereocenters. The highest BCUT2D eigenvalue weighted by Crippen LogP contribution is 2.07. The van der Waals surface area contributed by atoms with Crippen LogP contribution in [0.5, 0.6) is 0 Å². The van der Waals surface area contributed by atoms with Gasteiger partial charge >= 0.3 is 5.97 Å². The van der Waals surface area contributed by atoms with Crippen LogP contribution in [0, 0.1) is 0 Å². The molecule has 0 saturated heterocycles. The van der Waals surface area contributed by atoms with Crippen molar-refractivity contribution >= 4 is 12.0 Å². The van der Waals surface area contributed by atoms with Gasteiger partial charge in [-0.25, -0.2) is 4.79 Å². The fourth-order valence-corrected chi connectivity index (χ4v) is 1.20. The number of hydrogen-bond acceptors (Lipinski definition) is 4. The molecule has 4 nitrogen and oxygen atoms in total. The summed E-state index contributed by atoms with van der Waals surface area (Å²) in [6, 6.07) is 9.39. The lowest BCUT2D eigenvalue weighted by molar-refractivity contribution is -0.142. The number of aliphatic hydroxyl groups excluding tert-OH is 2. The van der Waals surface area contributed by atoms with Crippen LogP contribution in [-0.2, 0) is 9.53 Å². The number of carbonyl (C=O) groups is 1. The van der Waals surface area contributed by atoms with Gasteiger partial charge in [0.1, 0.15) is 12.7 Å². The fraction of sp³-hybridized carbons (Fsp3) is 0.308. The maximum atomic E-state index is 11.5. The third-order valence-corrected chi connectivity index (χ3v) is 2.12. The van der Waals surface area contributed by atoms with Crippen LogP contribution in [0.2, 0.25) is 0 Å². The number of rotatable bonds is 5. The van der Waals surface area contributed by atoms with E-state index in [0.29, 0.717) is 5.57 Å². The molecule has 0 fully saturated rings. The van der Waals surface area contributed by atoms with Crippen LogP contribution in [0.1, 0.15) is 12.5 Å². The third kappa shape index (κ3) is 4.80. The minimum atomic E-state index is -1.02. The maximum Gasteiger partial charge on any atom is 0.333 e. The van der Waals surface area contributed by atoms with Gasteiger partial charge in [-0.2, -0.15) is 0 Å². The summed E-state index contributed by atoms with van der Waals surface area (Å²) >= 11 is 0. The Morgan fingerprint density at radius 2 is 2.06 bits per heavy atom. The Morgan fingerprint density at radius 1 is 1.41 bits per heavy atom. The SMILES string of the molecule is C/C(=C\c1ccccc1)C(=O)OC[C@H](O)CO. The second kappa shape index (κ2) is 6.83. The van der Waals surface area contributed by atoms with E-state index in [9.17, 15) is 4.79 Å². The van der Waals surface area contributed by atoms with Gasteiger partial charge in [-0.05, 0) is 18.6 Å². The average Bonchev–Trinajstić information content (AvgIpc) is 2.36. The molecule has 4 heteroatoms. The lowest BCUT2D eigenvalue weighted by atomic mass is 10.1. The Hall–Kier alpha value is -1.65. The molecule has 0 aliphatic carbocycles. The Labute approximate surface area is 100 Å². The summed E-state index contributed by atoms with van der Waals surface area (Å²) < 4.78 is 4.81. The van der Waals surface area contributed by atoms with Gasteiger partial charge in [0.2, 0.25) is 0 Å². The standard InChI is InChI=1S/C13H16O4/c1-10(7-11-5-3-2-4-6-11)13(16)17-9-12(15)8-14/h2-7,12,14-15H,8-9H2,1H3/b10-7+/t12-/m1/s1. The van der Waals surface area contributed by atoms with Gasteiger partial charge in [0, 0.05) is 5.57 Å². The zero-order valence-electron chi connectivity index (χ0n) is 9.67. The highest BCUT2D eigenvalue weighted by atomic mass is 16.5. The van der Waals surface area contributed by atoms with Crippen molar-refractivity contribution in [2.24, 2.45) is 0 Å². The number of aliphatic hydroxyl groups is 2. The molecule has 92 valence electrons. The summed E-state index contributed by atoms with van der Waals surface area (Å²) in [5.74, 6) is -0.499. The van der Waals surface area contributed by atoms with Crippen LogP contribution in [0.3, 0.4) is 0 Å². The molecule has 0 aromatic heterocycles. The topological polar surface area (TPSA) is 66.8 Å². The molecule has 0 unspecified atom stereocenters. The third-order valence-electron chi connectivity index (χ3n) is 2.12. The number of ether oxygens (including phenoxy) is 1. The van der Waals surface area contributed by atoms with E-state index in [-0.39, 0.29) is 6.61 Å². The highest BCUT2D eigenvalue weighted by Gasteiger charge is 2.09. The van der Waals surface area contributed by atoms with Crippen molar-refractivity contribution < 1.29 is 19.7 Å². The van der Waals surface area contributed by atoms with Crippen LogP contribution in [0.15, 0.2) is 35.9 Å². The van der Waals surface area contributed by atoms with Crippen molar-refractivity contribution in [2.45, 2.75) is 13.0 Å². The summed E-state index contributed by atoms with van der Waals surface area (Å²) in [6.07, 6.45) is 0.677. The quantitative estimate of drug-likeness (QED) is 0.591. The zero-order chi connectivity index (χ0) is 12.7. The molecule has 0 bridgehead atoms. The minimum Gasteiger partial charge on any atom is -0.459 e. The molecule has 0 spiro atoms. The van der Waals surface area contributed by atoms with E-state index < -0.39 is 18.7 Å². The van der Waals surface area contributed by atoms with E-state index in [4.69, 9.17) is 14.9 Å². The lowest BCUT2D eigenvalue weighted by Gasteiger charge is -2.08. The predicted molar refractivity (Wildman–Crippen MR) is 64.1 cm³/mol. The molecule has 0 aliphatic heterocycles. The van der Waals surface area contributed by atoms with E-state index in [2.05, 4.69) is 0 Å². The smallest absolute Gasteiger partial charge is 0.333 e. The minimum absolute atomic E-state index is 0.199. The van der Waals surface area contributed by atoms with Crippen LogP contribution in [-0.4, -0.2) is 35.5 Å². The van der Waals surface area contributed by atoms with Crippen molar-refractivity contribution in [1.82, 2.24) is 0 Å². The second-order valence-corrected chi connectivity index (χ2v) is 3.67. The van der Waals surface area contributed by atoms with Crippen molar-refractivity contribution in [3.63, 3.8) is 0 Å². The molecule has 1 rings (SSSR count). The molecule has 0 radical (unpaired) electrons. The summed E-state index contributed by atoms with van der Waals surface area (Å²) in [7, 11) is 0. The number of esters is 1.